The number of likely N-dealkylation sites (tertiary alicyclic amines) is 2. The van der Waals surface area contributed by atoms with Crippen LogP contribution in [0.2, 0.25) is 0 Å². The number of amides is 2. The summed E-state index contributed by atoms with van der Waals surface area (Å²) in [5.74, 6) is 1.56. The molecule has 1 unspecified atom stereocenters. The molecular formula is C26H39N3O3. The van der Waals surface area contributed by atoms with E-state index in [2.05, 4.69) is 10.2 Å². The summed E-state index contributed by atoms with van der Waals surface area (Å²) in [4.78, 5) is 17.7. The molecule has 2 aliphatic carbocycles. The van der Waals surface area contributed by atoms with Crippen LogP contribution in [0.1, 0.15) is 64.7 Å². The summed E-state index contributed by atoms with van der Waals surface area (Å²) in [6.45, 7) is 6.23. The summed E-state index contributed by atoms with van der Waals surface area (Å²) >= 11 is 0. The zero-order chi connectivity index (χ0) is 22.0. The van der Waals surface area contributed by atoms with Crippen LogP contribution in [-0.4, -0.2) is 66.4 Å². The number of carbonyl (C=O) groups excluding carboxylic acids is 1. The van der Waals surface area contributed by atoms with E-state index in [9.17, 15) is 4.79 Å². The minimum absolute atomic E-state index is 0.0164. The number of urea groups is 1. The minimum atomic E-state index is -0.0164. The maximum Gasteiger partial charge on any atom is 0.321 e. The lowest BCUT2D eigenvalue weighted by molar-refractivity contribution is -0.202. The van der Waals surface area contributed by atoms with Gasteiger partial charge in [-0.05, 0) is 63.5 Å². The lowest BCUT2D eigenvalue weighted by Gasteiger charge is -2.63. The Balaban J connectivity index is 1.16. The van der Waals surface area contributed by atoms with Gasteiger partial charge in [-0.15, -0.1) is 0 Å². The van der Waals surface area contributed by atoms with Crippen LogP contribution in [0.4, 0.5) is 10.5 Å². The van der Waals surface area contributed by atoms with Crippen molar-refractivity contribution in [1.29, 1.82) is 0 Å². The third-order valence-corrected chi connectivity index (χ3v) is 8.10. The summed E-state index contributed by atoms with van der Waals surface area (Å²) in [6, 6.07) is 8.23. The fraction of sp³-hybridized carbons (Fsp3) is 0.731. The normalized spacial score (nSPS) is 26.0. The largest absolute Gasteiger partial charge is 0.492 e. The van der Waals surface area contributed by atoms with E-state index in [1.165, 1.54) is 44.9 Å². The topological polar surface area (TPSA) is 54.0 Å². The first-order valence-electron chi connectivity index (χ1n) is 12.9. The average Bonchev–Trinajstić information content (AvgIpc) is 3.65. The molecule has 2 saturated carbocycles. The second-order valence-electron chi connectivity index (χ2n) is 10.2. The van der Waals surface area contributed by atoms with Crippen molar-refractivity contribution in [2.24, 2.45) is 5.92 Å². The molecule has 5 rings (SSSR count). The van der Waals surface area contributed by atoms with Crippen molar-refractivity contribution in [3.05, 3.63) is 24.3 Å². The van der Waals surface area contributed by atoms with Crippen LogP contribution in [0.25, 0.3) is 0 Å². The Labute approximate surface area is 192 Å². The third kappa shape index (κ3) is 4.49. The van der Waals surface area contributed by atoms with E-state index in [-0.39, 0.29) is 11.6 Å². The number of piperidine rings is 1. The van der Waals surface area contributed by atoms with Gasteiger partial charge >= 0.3 is 6.03 Å². The summed E-state index contributed by atoms with van der Waals surface area (Å²) in [7, 11) is 0. The van der Waals surface area contributed by atoms with E-state index in [0.717, 1.165) is 56.4 Å². The fourth-order valence-corrected chi connectivity index (χ4v) is 6.06. The molecule has 1 atom stereocenters. The molecule has 0 aromatic heterocycles. The molecule has 2 saturated heterocycles. The van der Waals surface area contributed by atoms with Gasteiger partial charge in [-0.3, -0.25) is 4.90 Å². The van der Waals surface area contributed by atoms with Crippen LogP contribution >= 0.6 is 0 Å². The Morgan fingerprint density at radius 1 is 1.09 bits per heavy atom. The highest BCUT2D eigenvalue weighted by Crippen LogP contribution is 2.48. The molecule has 1 N–H and O–H groups in total. The van der Waals surface area contributed by atoms with E-state index < -0.39 is 0 Å². The second kappa shape index (κ2) is 9.60. The van der Waals surface area contributed by atoms with Crippen LogP contribution in [0.5, 0.6) is 5.75 Å². The molecule has 0 radical (unpaired) electrons. The number of hydrogen-bond acceptors (Lipinski definition) is 4. The number of carbonyl (C=O) groups is 1. The smallest absolute Gasteiger partial charge is 0.321 e. The number of ether oxygens (including phenoxy) is 2. The molecule has 2 amide bonds. The predicted octanol–water partition coefficient (Wildman–Crippen LogP) is 4.90. The molecule has 6 nitrogen and oxygen atoms in total. The summed E-state index contributed by atoms with van der Waals surface area (Å²) < 4.78 is 12.1. The van der Waals surface area contributed by atoms with Gasteiger partial charge in [0.05, 0.1) is 18.4 Å². The summed E-state index contributed by atoms with van der Waals surface area (Å²) in [5.41, 5.74) is 1.03. The Bertz CT molecular complexity index is 782. The zero-order valence-electron chi connectivity index (χ0n) is 19.6. The molecule has 1 aromatic rings. The first-order valence-corrected chi connectivity index (χ1v) is 12.9. The van der Waals surface area contributed by atoms with E-state index in [4.69, 9.17) is 9.47 Å². The van der Waals surface area contributed by atoms with Crippen molar-refractivity contribution >= 4 is 11.7 Å². The Kier molecular flexibility index (Phi) is 6.61. The molecule has 4 fully saturated rings. The van der Waals surface area contributed by atoms with Crippen molar-refractivity contribution in [2.75, 3.05) is 38.2 Å². The van der Waals surface area contributed by atoms with Crippen molar-refractivity contribution < 1.29 is 14.3 Å². The van der Waals surface area contributed by atoms with Crippen LogP contribution in [0.3, 0.4) is 0 Å². The first kappa shape index (κ1) is 22.0. The average molecular weight is 442 g/mol. The summed E-state index contributed by atoms with van der Waals surface area (Å²) in [5, 5.41) is 3.06. The van der Waals surface area contributed by atoms with E-state index in [0.29, 0.717) is 18.8 Å². The highest BCUT2D eigenvalue weighted by molar-refractivity contribution is 5.91. The maximum absolute atomic E-state index is 12.9. The van der Waals surface area contributed by atoms with E-state index in [1.807, 2.05) is 36.1 Å². The van der Waals surface area contributed by atoms with Crippen LogP contribution < -0.4 is 10.1 Å². The van der Waals surface area contributed by atoms with Gasteiger partial charge in [0.1, 0.15) is 5.75 Å². The highest BCUT2D eigenvalue weighted by atomic mass is 16.5. The predicted molar refractivity (Wildman–Crippen MR) is 126 cm³/mol. The molecule has 1 spiro atoms. The Morgan fingerprint density at radius 2 is 1.84 bits per heavy atom. The number of nitrogens with one attached hydrogen (secondary N) is 1. The van der Waals surface area contributed by atoms with Gasteiger partial charge in [0.15, 0.2) is 0 Å². The number of hydrogen-bond donors (Lipinski definition) is 1. The van der Waals surface area contributed by atoms with Gasteiger partial charge in [-0.1, -0.05) is 31.4 Å². The van der Waals surface area contributed by atoms with Gasteiger partial charge in [0.2, 0.25) is 0 Å². The minimum Gasteiger partial charge on any atom is -0.492 e. The molecular weight excluding hydrogens is 402 g/mol. The quantitative estimate of drug-likeness (QED) is 0.654. The van der Waals surface area contributed by atoms with Crippen molar-refractivity contribution in [2.45, 2.75) is 82.4 Å². The van der Waals surface area contributed by atoms with Crippen LogP contribution in [-0.2, 0) is 4.74 Å². The van der Waals surface area contributed by atoms with Gasteiger partial charge in [0, 0.05) is 37.8 Å². The summed E-state index contributed by atoms with van der Waals surface area (Å²) in [6.07, 6.45) is 11.9. The lowest BCUT2D eigenvalue weighted by Crippen LogP contribution is -2.75. The SMILES string of the molecule is CCOc1ccccc1NC(=O)N1CCC(N2CC(OCC3CC3)C23CCCCC3)CC1. The van der Waals surface area contributed by atoms with Gasteiger partial charge in [-0.25, -0.2) is 4.79 Å². The number of nitrogens with zero attached hydrogens (tertiary/aromatic N) is 2. The second-order valence-corrected chi connectivity index (χ2v) is 10.2. The number of anilines is 1. The monoisotopic (exact) mass is 441 g/mol. The Hall–Kier alpha value is -1.79. The van der Waals surface area contributed by atoms with Crippen LogP contribution in [0, 0.1) is 5.92 Å². The first-order chi connectivity index (χ1) is 15.7. The molecule has 2 heterocycles. The van der Waals surface area contributed by atoms with Gasteiger partial charge in [-0.2, -0.15) is 0 Å². The molecule has 2 aliphatic heterocycles. The van der Waals surface area contributed by atoms with Crippen molar-refractivity contribution in [3.63, 3.8) is 0 Å². The molecule has 6 heteroatoms. The zero-order valence-corrected chi connectivity index (χ0v) is 19.6. The molecule has 1 aromatic carbocycles. The van der Waals surface area contributed by atoms with Gasteiger partial charge < -0.3 is 19.7 Å². The fourth-order valence-electron chi connectivity index (χ4n) is 6.06. The molecule has 176 valence electrons. The highest BCUT2D eigenvalue weighted by Gasteiger charge is 2.56. The van der Waals surface area contributed by atoms with E-state index >= 15 is 0 Å². The molecule has 4 aliphatic rings. The number of rotatable bonds is 7. The molecule has 32 heavy (non-hydrogen) atoms. The third-order valence-electron chi connectivity index (χ3n) is 8.10. The lowest BCUT2D eigenvalue weighted by atomic mass is 9.69. The van der Waals surface area contributed by atoms with Crippen molar-refractivity contribution in [1.82, 2.24) is 9.80 Å². The van der Waals surface area contributed by atoms with Crippen LogP contribution in [0.15, 0.2) is 24.3 Å². The van der Waals surface area contributed by atoms with E-state index in [1.54, 1.807) is 0 Å². The number of benzene rings is 1. The Morgan fingerprint density at radius 3 is 2.56 bits per heavy atom. The van der Waals surface area contributed by atoms with Gasteiger partial charge in [0.25, 0.3) is 0 Å². The maximum atomic E-state index is 12.9. The standard InChI is InChI=1S/C26H39N3O3/c1-2-31-23-9-5-4-8-22(23)27-25(30)28-16-12-21(13-17-28)29-18-24(32-19-20-10-11-20)26(29)14-6-3-7-15-26/h4-5,8-9,20-21,24H,2-3,6-7,10-19H2,1H3,(H,27,30). The molecule has 0 bridgehead atoms. The number of para-hydroxylation sites is 2. The van der Waals surface area contributed by atoms with Crippen molar-refractivity contribution in [3.8, 4) is 5.75 Å².